The van der Waals surface area contributed by atoms with Crippen LogP contribution in [0.15, 0.2) is 48.5 Å². The van der Waals surface area contributed by atoms with Gasteiger partial charge in [0, 0.05) is 17.8 Å². The van der Waals surface area contributed by atoms with Crippen molar-refractivity contribution in [1.29, 1.82) is 0 Å². The topological polar surface area (TPSA) is 93.5 Å². The largest absolute Gasteiger partial charge is 0.457 e. The van der Waals surface area contributed by atoms with E-state index in [9.17, 15) is 9.59 Å². The number of fused-ring (bicyclic) bond motifs is 1. The van der Waals surface area contributed by atoms with Gasteiger partial charge in [0.15, 0.2) is 0 Å². The minimum absolute atomic E-state index is 0.116. The van der Waals surface area contributed by atoms with E-state index in [1.807, 2.05) is 12.1 Å². The first-order valence-corrected chi connectivity index (χ1v) is 9.77. The molecular weight excluding hydrogens is 354 g/mol. The van der Waals surface area contributed by atoms with Gasteiger partial charge >= 0.3 is 0 Å². The fourth-order valence-electron chi connectivity index (χ4n) is 4.40. The molecule has 1 saturated heterocycles. The van der Waals surface area contributed by atoms with Crippen molar-refractivity contribution in [3.05, 3.63) is 54.1 Å². The summed E-state index contributed by atoms with van der Waals surface area (Å²) >= 11 is 0. The molecule has 4 rings (SSSR count). The first-order valence-electron chi connectivity index (χ1n) is 9.77. The van der Waals surface area contributed by atoms with Crippen LogP contribution in [0.5, 0.6) is 11.5 Å². The van der Waals surface area contributed by atoms with Crippen molar-refractivity contribution in [2.75, 3.05) is 18.4 Å². The number of rotatable bonds is 5. The normalized spacial score (nSPS) is 23.6. The molecule has 4 N–H and O–H groups in total. The van der Waals surface area contributed by atoms with Crippen LogP contribution in [0.2, 0.25) is 0 Å². The van der Waals surface area contributed by atoms with Crippen molar-refractivity contribution in [3.63, 3.8) is 0 Å². The molecule has 146 valence electrons. The van der Waals surface area contributed by atoms with Crippen LogP contribution in [-0.2, 0) is 4.79 Å². The van der Waals surface area contributed by atoms with E-state index in [1.165, 1.54) is 6.42 Å². The molecule has 1 saturated carbocycles. The lowest BCUT2D eigenvalue weighted by atomic mass is 9.67. The Labute approximate surface area is 164 Å². The summed E-state index contributed by atoms with van der Waals surface area (Å²) in [4.78, 5) is 24.3. The van der Waals surface area contributed by atoms with Gasteiger partial charge in [-0.25, -0.2) is 0 Å². The Morgan fingerprint density at radius 2 is 1.93 bits per heavy atom. The van der Waals surface area contributed by atoms with Gasteiger partial charge in [-0.1, -0.05) is 18.9 Å². The second-order valence-corrected chi connectivity index (χ2v) is 7.70. The highest BCUT2D eigenvalue weighted by molar-refractivity contribution is 5.96. The lowest BCUT2D eigenvalue weighted by molar-refractivity contribution is -0.128. The minimum Gasteiger partial charge on any atom is -0.457 e. The molecule has 28 heavy (non-hydrogen) atoms. The molecule has 1 heterocycles. The highest BCUT2D eigenvalue weighted by Crippen LogP contribution is 2.44. The highest BCUT2D eigenvalue weighted by Gasteiger charge is 2.49. The molecular formula is C22H25N3O3. The first-order chi connectivity index (χ1) is 13.6. The van der Waals surface area contributed by atoms with Gasteiger partial charge in [-0.05, 0) is 67.8 Å². The van der Waals surface area contributed by atoms with Crippen molar-refractivity contribution >= 4 is 17.5 Å². The molecule has 6 heteroatoms. The first kappa shape index (κ1) is 18.5. The smallest absolute Gasteiger partial charge is 0.248 e. The molecule has 0 radical (unpaired) electrons. The third-order valence-corrected chi connectivity index (χ3v) is 5.96. The molecule has 6 nitrogen and oxygen atoms in total. The SMILES string of the molecule is NC(=O)c1cccc(Oc2ccc(NC(=O)[C@@]34CCCC[C@H]3CNC4)cc2)c1. The predicted octanol–water partition coefficient (Wildman–Crippen LogP) is 3.30. The second-order valence-electron chi connectivity index (χ2n) is 7.70. The molecule has 2 aliphatic rings. The van der Waals surface area contributed by atoms with Gasteiger partial charge in [-0.2, -0.15) is 0 Å². The van der Waals surface area contributed by atoms with Gasteiger partial charge < -0.3 is 21.1 Å². The van der Waals surface area contributed by atoms with E-state index in [1.54, 1.807) is 36.4 Å². The Kier molecular flexibility index (Phi) is 5.05. The van der Waals surface area contributed by atoms with Crippen LogP contribution in [0.25, 0.3) is 0 Å². The van der Waals surface area contributed by atoms with Gasteiger partial charge in [0.2, 0.25) is 11.8 Å². The van der Waals surface area contributed by atoms with E-state index in [4.69, 9.17) is 10.5 Å². The number of anilines is 1. The summed E-state index contributed by atoms with van der Waals surface area (Å²) in [5.74, 6) is 1.21. The molecule has 0 spiro atoms. The van der Waals surface area contributed by atoms with Crippen LogP contribution in [0.3, 0.4) is 0 Å². The molecule has 2 aromatic carbocycles. The van der Waals surface area contributed by atoms with Gasteiger partial charge in [-0.3, -0.25) is 9.59 Å². The zero-order valence-electron chi connectivity index (χ0n) is 15.7. The molecule has 2 aromatic rings. The third-order valence-electron chi connectivity index (χ3n) is 5.96. The van der Waals surface area contributed by atoms with Crippen molar-refractivity contribution in [1.82, 2.24) is 5.32 Å². The lowest BCUT2D eigenvalue weighted by Gasteiger charge is -2.37. The maximum Gasteiger partial charge on any atom is 0.248 e. The average Bonchev–Trinajstić information content (AvgIpc) is 3.15. The Hall–Kier alpha value is -2.86. The summed E-state index contributed by atoms with van der Waals surface area (Å²) in [6.07, 6.45) is 4.40. The zero-order chi connectivity index (χ0) is 19.6. The summed E-state index contributed by atoms with van der Waals surface area (Å²) in [6, 6.07) is 14.0. The Morgan fingerprint density at radius 1 is 1.11 bits per heavy atom. The minimum atomic E-state index is -0.495. The van der Waals surface area contributed by atoms with E-state index in [-0.39, 0.29) is 11.3 Å². The number of carbonyl (C=O) groups is 2. The molecule has 0 aromatic heterocycles. The Balaban J connectivity index is 1.43. The van der Waals surface area contributed by atoms with Crippen LogP contribution >= 0.6 is 0 Å². The highest BCUT2D eigenvalue weighted by atomic mass is 16.5. The summed E-state index contributed by atoms with van der Waals surface area (Å²) in [6.45, 7) is 1.70. The van der Waals surface area contributed by atoms with E-state index >= 15 is 0 Å². The number of hydrogen-bond donors (Lipinski definition) is 3. The standard InChI is InChI=1S/C22H25N3O3/c23-20(26)15-4-3-6-19(12-15)28-18-9-7-17(8-10-18)25-21(27)22-11-2-1-5-16(22)13-24-14-22/h3-4,6-10,12,16,24H,1-2,5,11,13-14H2,(H2,23,26)(H,25,27)/t16-,22+/m0/s1. The number of carbonyl (C=O) groups excluding carboxylic acids is 2. The molecule has 1 aliphatic heterocycles. The summed E-state index contributed by atoms with van der Waals surface area (Å²) < 4.78 is 5.78. The van der Waals surface area contributed by atoms with E-state index in [2.05, 4.69) is 10.6 Å². The van der Waals surface area contributed by atoms with Crippen LogP contribution in [-0.4, -0.2) is 24.9 Å². The summed E-state index contributed by atoms with van der Waals surface area (Å²) in [5.41, 5.74) is 6.18. The molecule has 1 aliphatic carbocycles. The second kappa shape index (κ2) is 7.64. The van der Waals surface area contributed by atoms with E-state index < -0.39 is 5.91 Å². The molecule has 0 unspecified atom stereocenters. The third kappa shape index (κ3) is 3.60. The monoisotopic (exact) mass is 379 g/mol. The van der Waals surface area contributed by atoms with E-state index in [0.29, 0.717) is 23.0 Å². The molecule has 2 amide bonds. The maximum atomic E-state index is 13.0. The number of amides is 2. The number of hydrogen-bond acceptors (Lipinski definition) is 4. The average molecular weight is 379 g/mol. The number of nitrogens with one attached hydrogen (secondary N) is 2. The van der Waals surface area contributed by atoms with Gasteiger partial charge in [0.25, 0.3) is 0 Å². The Morgan fingerprint density at radius 3 is 2.71 bits per heavy atom. The van der Waals surface area contributed by atoms with Crippen molar-refractivity contribution < 1.29 is 14.3 Å². The Bertz CT molecular complexity index is 881. The molecule has 2 atom stereocenters. The summed E-state index contributed by atoms with van der Waals surface area (Å²) in [5, 5.41) is 6.50. The van der Waals surface area contributed by atoms with Crippen LogP contribution in [0, 0.1) is 11.3 Å². The molecule has 2 fully saturated rings. The summed E-state index contributed by atoms with van der Waals surface area (Å²) in [7, 11) is 0. The van der Waals surface area contributed by atoms with Gasteiger partial charge in [0.1, 0.15) is 11.5 Å². The maximum absolute atomic E-state index is 13.0. The van der Waals surface area contributed by atoms with E-state index in [0.717, 1.165) is 38.0 Å². The van der Waals surface area contributed by atoms with Crippen LogP contribution in [0.1, 0.15) is 36.0 Å². The van der Waals surface area contributed by atoms with Crippen molar-refractivity contribution in [2.45, 2.75) is 25.7 Å². The van der Waals surface area contributed by atoms with Crippen molar-refractivity contribution in [2.24, 2.45) is 17.1 Å². The fourth-order valence-corrected chi connectivity index (χ4v) is 4.40. The number of nitrogens with two attached hydrogens (primary N) is 1. The quantitative estimate of drug-likeness (QED) is 0.743. The molecule has 0 bridgehead atoms. The van der Waals surface area contributed by atoms with Crippen molar-refractivity contribution in [3.8, 4) is 11.5 Å². The number of ether oxygens (including phenoxy) is 1. The fraction of sp³-hybridized carbons (Fsp3) is 0.364. The van der Waals surface area contributed by atoms with Gasteiger partial charge in [0.05, 0.1) is 5.41 Å². The van der Waals surface area contributed by atoms with Crippen LogP contribution in [0.4, 0.5) is 5.69 Å². The predicted molar refractivity (Wildman–Crippen MR) is 107 cm³/mol. The van der Waals surface area contributed by atoms with Crippen LogP contribution < -0.4 is 21.1 Å². The zero-order valence-corrected chi connectivity index (χ0v) is 15.7. The number of primary amides is 1. The lowest BCUT2D eigenvalue weighted by Crippen LogP contribution is -2.44. The van der Waals surface area contributed by atoms with Gasteiger partial charge in [-0.15, -0.1) is 0 Å². The number of benzene rings is 2.